The van der Waals surface area contributed by atoms with Crippen LogP contribution in [-0.4, -0.2) is 0 Å². The van der Waals surface area contributed by atoms with E-state index >= 15 is 0 Å². The summed E-state index contributed by atoms with van der Waals surface area (Å²) in [6.07, 6.45) is 1.04. The van der Waals surface area contributed by atoms with Crippen molar-refractivity contribution in [3.63, 3.8) is 0 Å². The summed E-state index contributed by atoms with van der Waals surface area (Å²) in [5, 5.41) is 0. The maximum atomic E-state index is 5.68. The largest absolute Gasteiger partial charge is 0.398 e. The number of halogens is 1. The fourth-order valence-corrected chi connectivity index (χ4v) is 4.10. The summed E-state index contributed by atoms with van der Waals surface area (Å²) in [6, 6.07) is 29.5. The zero-order valence-electron chi connectivity index (χ0n) is 20.7. The van der Waals surface area contributed by atoms with E-state index in [0.29, 0.717) is 0 Å². The molecule has 0 saturated carbocycles. The molecular formula is C32H40BrN. The summed E-state index contributed by atoms with van der Waals surface area (Å²) in [5.41, 5.74) is 17.2. The molecule has 4 aromatic rings. The van der Waals surface area contributed by atoms with E-state index in [1.165, 1.54) is 33.4 Å². The Bertz CT molecular complexity index is 1120. The van der Waals surface area contributed by atoms with E-state index in [9.17, 15) is 0 Å². The van der Waals surface area contributed by atoms with Gasteiger partial charge in [0.05, 0.1) is 0 Å². The highest BCUT2D eigenvalue weighted by molar-refractivity contribution is 9.10. The Labute approximate surface area is 216 Å². The van der Waals surface area contributed by atoms with E-state index in [-0.39, 0.29) is 7.43 Å². The maximum Gasteiger partial charge on any atom is 0.0373 e. The number of nitrogen functional groups attached to an aromatic ring is 1. The molecule has 2 N–H and O–H groups in total. The molecule has 0 unspecified atom stereocenters. The van der Waals surface area contributed by atoms with Gasteiger partial charge in [-0.05, 0) is 93.5 Å². The van der Waals surface area contributed by atoms with Gasteiger partial charge in [0, 0.05) is 10.2 Å². The average molecular weight is 519 g/mol. The summed E-state index contributed by atoms with van der Waals surface area (Å²) in [7, 11) is 0. The van der Waals surface area contributed by atoms with Gasteiger partial charge in [-0.3, -0.25) is 0 Å². The molecule has 1 nitrogen and oxygen atoms in total. The van der Waals surface area contributed by atoms with Crippen LogP contribution in [0.2, 0.25) is 0 Å². The first-order valence-electron chi connectivity index (χ1n) is 11.3. The number of rotatable bonds is 2. The summed E-state index contributed by atoms with van der Waals surface area (Å²) >= 11 is 3.36. The molecule has 0 fully saturated rings. The number of para-hydroxylation sites is 1. The van der Waals surface area contributed by atoms with Crippen LogP contribution >= 0.6 is 15.9 Å². The molecule has 0 aliphatic carbocycles. The van der Waals surface area contributed by atoms with Crippen LogP contribution < -0.4 is 5.73 Å². The van der Waals surface area contributed by atoms with E-state index in [1.807, 2.05) is 44.2 Å². The van der Waals surface area contributed by atoms with Gasteiger partial charge in [0.15, 0.2) is 0 Å². The first-order valence-corrected chi connectivity index (χ1v) is 12.1. The van der Waals surface area contributed by atoms with Crippen molar-refractivity contribution in [3.8, 4) is 0 Å². The first-order chi connectivity index (χ1) is 15.7. The Hall–Kier alpha value is -2.84. The van der Waals surface area contributed by atoms with E-state index in [2.05, 4.69) is 98.2 Å². The minimum Gasteiger partial charge on any atom is -0.398 e. The van der Waals surface area contributed by atoms with Crippen LogP contribution in [0.3, 0.4) is 0 Å². The standard InChI is InChI=1S/C16H18.C8H11N.C7H7Br.CH4/c1-12-6-4-9-15(10-12)11-16-13(2)7-5-8-14(16)3;1-6-4-3-5-7(2)8(6)9;1-6-3-2-4-7(8)5-6;/h4-10H,11H2,1-3H3;3-5H,9H2,1-2H3;2-5H,1H3;1H4. The van der Waals surface area contributed by atoms with Crippen LogP contribution in [-0.2, 0) is 6.42 Å². The maximum absolute atomic E-state index is 5.68. The van der Waals surface area contributed by atoms with Crippen molar-refractivity contribution in [3.05, 3.63) is 134 Å². The smallest absolute Gasteiger partial charge is 0.0373 e. The molecule has 0 radical (unpaired) electrons. The molecular weight excluding hydrogens is 478 g/mol. The lowest BCUT2D eigenvalue weighted by molar-refractivity contribution is 1.12. The Morgan fingerprint density at radius 3 is 1.44 bits per heavy atom. The number of benzene rings is 4. The quantitative estimate of drug-likeness (QED) is 0.263. The highest BCUT2D eigenvalue weighted by Gasteiger charge is 2.03. The van der Waals surface area contributed by atoms with Crippen LogP contribution in [0.15, 0.2) is 89.4 Å². The van der Waals surface area contributed by atoms with Gasteiger partial charge in [-0.25, -0.2) is 0 Å². The van der Waals surface area contributed by atoms with E-state index in [0.717, 1.165) is 27.7 Å². The molecule has 0 aliphatic heterocycles. The second-order valence-electron chi connectivity index (χ2n) is 8.64. The molecule has 4 aromatic carbocycles. The molecule has 0 aliphatic rings. The van der Waals surface area contributed by atoms with Gasteiger partial charge < -0.3 is 5.73 Å². The number of hydrogen-bond donors (Lipinski definition) is 1. The predicted molar refractivity (Wildman–Crippen MR) is 156 cm³/mol. The molecule has 34 heavy (non-hydrogen) atoms. The van der Waals surface area contributed by atoms with E-state index in [4.69, 9.17) is 5.73 Å². The first kappa shape index (κ1) is 29.2. The predicted octanol–water partition coefficient (Wildman–Crippen LogP) is 9.48. The Kier molecular flexibility index (Phi) is 12.4. The van der Waals surface area contributed by atoms with Gasteiger partial charge in [0.25, 0.3) is 0 Å². The molecule has 0 bridgehead atoms. The summed E-state index contributed by atoms with van der Waals surface area (Å²) in [6.45, 7) is 12.6. The van der Waals surface area contributed by atoms with Crippen molar-refractivity contribution in [2.24, 2.45) is 0 Å². The number of anilines is 1. The van der Waals surface area contributed by atoms with E-state index in [1.54, 1.807) is 0 Å². The third-order valence-corrected chi connectivity index (χ3v) is 6.12. The Morgan fingerprint density at radius 2 is 1.03 bits per heavy atom. The Balaban J connectivity index is 0.000000274. The van der Waals surface area contributed by atoms with Crippen LogP contribution in [0.1, 0.15) is 51.9 Å². The summed E-state index contributed by atoms with van der Waals surface area (Å²) in [5.74, 6) is 0. The Morgan fingerprint density at radius 1 is 0.588 bits per heavy atom. The monoisotopic (exact) mass is 517 g/mol. The molecule has 0 spiro atoms. The van der Waals surface area contributed by atoms with Gasteiger partial charge in [-0.1, -0.05) is 107 Å². The van der Waals surface area contributed by atoms with Gasteiger partial charge in [-0.15, -0.1) is 0 Å². The van der Waals surface area contributed by atoms with Crippen LogP contribution in [0.4, 0.5) is 5.69 Å². The minimum atomic E-state index is 0. The normalized spacial score (nSPS) is 9.62. The molecule has 0 heterocycles. The zero-order valence-corrected chi connectivity index (χ0v) is 22.3. The van der Waals surface area contributed by atoms with Crippen LogP contribution in [0, 0.1) is 41.5 Å². The molecule has 0 saturated heterocycles. The molecule has 4 rings (SSSR count). The summed E-state index contributed by atoms with van der Waals surface area (Å²) < 4.78 is 1.15. The van der Waals surface area contributed by atoms with Gasteiger partial charge in [0.2, 0.25) is 0 Å². The molecule has 0 atom stereocenters. The fourth-order valence-electron chi connectivity index (χ4n) is 3.59. The minimum absolute atomic E-state index is 0. The lowest BCUT2D eigenvalue weighted by atomic mass is 9.95. The van der Waals surface area contributed by atoms with Crippen molar-refractivity contribution in [2.45, 2.75) is 55.4 Å². The summed E-state index contributed by atoms with van der Waals surface area (Å²) in [4.78, 5) is 0. The van der Waals surface area contributed by atoms with Crippen molar-refractivity contribution in [1.82, 2.24) is 0 Å². The van der Waals surface area contributed by atoms with Crippen LogP contribution in [0.5, 0.6) is 0 Å². The average Bonchev–Trinajstić information content (AvgIpc) is 2.76. The van der Waals surface area contributed by atoms with Crippen LogP contribution in [0.25, 0.3) is 0 Å². The topological polar surface area (TPSA) is 26.0 Å². The SMILES string of the molecule is C.Cc1cccc(Br)c1.Cc1cccc(C)c1N.Cc1cccc(Cc2c(C)cccc2C)c1. The van der Waals surface area contributed by atoms with Crippen molar-refractivity contribution < 1.29 is 0 Å². The van der Waals surface area contributed by atoms with Crippen molar-refractivity contribution >= 4 is 21.6 Å². The lowest BCUT2D eigenvalue weighted by Crippen LogP contribution is -1.95. The highest BCUT2D eigenvalue weighted by Crippen LogP contribution is 2.18. The highest BCUT2D eigenvalue weighted by atomic mass is 79.9. The molecule has 0 aromatic heterocycles. The number of nitrogens with two attached hydrogens (primary N) is 1. The van der Waals surface area contributed by atoms with Gasteiger partial charge >= 0.3 is 0 Å². The zero-order chi connectivity index (χ0) is 24.4. The van der Waals surface area contributed by atoms with Gasteiger partial charge in [0.1, 0.15) is 0 Å². The third kappa shape index (κ3) is 9.57. The lowest BCUT2D eigenvalue weighted by Gasteiger charge is -2.10. The van der Waals surface area contributed by atoms with Crippen molar-refractivity contribution in [2.75, 3.05) is 5.73 Å². The number of hydrogen-bond acceptors (Lipinski definition) is 1. The van der Waals surface area contributed by atoms with Gasteiger partial charge in [-0.2, -0.15) is 0 Å². The second-order valence-corrected chi connectivity index (χ2v) is 9.56. The molecule has 180 valence electrons. The fraction of sp³-hybridized carbons (Fsp3) is 0.250. The third-order valence-electron chi connectivity index (χ3n) is 5.63. The number of aryl methyl sites for hydroxylation is 6. The second kappa shape index (κ2) is 14.4. The molecule has 0 amide bonds. The van der Waals surface area contributed by atoms with Crippen molar-refractivity contribution in [1.29, 1.82) is 0 Å². The van der Waals surface area contributed by atoms with E-state index < -0.39 is 0 Å². The molecule has 2 heteroatoms.